The molecule has 0 aliphatic rings. The molecular weight excluding hydrogens is 333 g/mol. The van der Waals surface area contributed by atoms with E-state index in [0.29, 0.717) is 12.1 Å². The molecule has 106 valence electrons. The van der Waals surface area contributed by atoms with Crippen LogP contribution in [0.5, 0.6) is 5.75 Å². The minimum absolute atomic E-state index is 0.241. The quantitative estimate of drug-likeness (QED) is 0.695. The zero-order valence-corrected chi connectivity index (χ0v) is 12.7. The minimum atomic E-state index is -0.242. The molecular formula is C17H13BrFNO. The highest BCUT2D eigenvalue weighted by Gasteiger charge is 2.06. The van der Waals surface area contributed by atoms with E-state index in [4.69, 9.17) is 0 Å². The standard InChI is InChI=1S/C17H13BrFNO/c18-12-7-8-15(19)11(9-12)10-20-16-5-1-4-14-13(16)3-2-6-17(14)21/h1-9,20-21H,10H2. The van der Waals surface area contributed by atoms with E-state index in [2.05, 4.69) is 21.2 Å². The molecule has 0 aliphatic heterocycles. The van der Waals surface area contributed by atoms with Gasteiger partial charge in [0, 0.05) is 33.0 Å². The summed E-state index contributed by atoms with van der Waals surface area (Å²) in [5, 5.41) is 14.8. The number of nitrogens with one attached hydrogen (secondary N) is 1. The number of fused-ring (bicyclic) bond motifs is 1. The molecule has 4 heteroatoms. The Kier molecular flexibility index (Phi) is 3.80. The van der Waals surface area contributed by atoms with Crippen molar-refractivity contribution in [1.82, 2.24) is 0 Å². The van der Waals surface area contributed by atoms with Gasteiger partial charge >= 0.3 is 0 Å². The largest absolute Gasteiger partial charge is 0.507 e. The van der Waals surface area contributed by atoms with Crippen molar-refractivity contribution in [3.63, 3.8) is 0 Å². The average Bonchev–Trinajstić information content (AvgIpc) is 2.49. The van der Waals surface area contributed by atoms with E-state index in [-0.39, 0.29) is 11.6 Å². The Morgan fingerprint density at radius 2 is 1.76 bits per heavy atom. The van der Waals surface area contributed by atoms with Gasteiger partial charge in [-0.05, 0) is 30.3 Å². The number of phenolic OH excluding ortho intramolecular Hbond substituents is 1. The average molecular weight is 346 g/mol. The third kappa shape index (κ3) is 2.85. The Morgan fingerprint density at radius 3 is 2.62 bits per heavy atom. The van der Waals surface area contributed by atoms with E-state index in [0.717, 1.165) is 20.9 Å². The van der Waals surface area contributed by atoms with Gasteiger partial charge < -0.3 is 10.4 Å². The first kappa shape index (κ1) is 13.9. The van der Waals surface area contributed by atoms with E-state index in [1.54, 1.807) is 24.3 Å². The SMILES string of the molecule is Oc1cccc2c(NCc3cc(Br)ccc3F)cccc12. The fraction of sp³-hybridized carbons (Fsp3) is 0.0588. The van der Waals surface area contributed by atoms with Crippen molar-refractivity contribution < 1.29 is 9.50 Å². The van der Waals surface area contributed by atoms with Gasteiger partial charge in [0.05, 0.1) is 0 Å². The molecule has 0 unspecified atom stereocenters. The zero-order chi connectivity index (χ0) is 14.8. The van der Waals surface area contributed by atoms with Crippen LogP contribution in [0, 0.1) is 5.82 Å². The summed E-state index contributed by atoms with van der Waals surface area (Å²) in [7, 11) is 0. The lowest BCUT2D eigenvalue weighted by Gasteiger charge is -2.11. The van der Waals surface area contributed by atoms with E-state index >= 15 is 0 Å². The van der Waals surface area contributed by atoms with Crippen molar-refractivity contribution in [3.8, 4) is 5.75 Å². The molecule has 21 heavy (non-hydrogen) atoms. The molecule has 0 saturated heterocycles. The Bertz CT molecular complexity index is 804. The van der Waals surface area contributed by atoms with Crippen LogP contribution in [0.3, 0.4) is 0 Å². The summed E-state index contributed by atoms with van der Waals surface area (Å²) in [6.45, 7) is 0.375. The summed E-state index contributed by atoms with van der Waals surface area (Å²) in [4.78, 5) is 0. The summed E-state index contributed by atoms with van der Waals surface area (Å²) < 4.78 is 14.6. The molecule has 0 saturated carbocycles. The van der Waals surface area contributed by atoms with Crippen LogP contribution in [0.15, 0.2) is 59.1 Å². The van der Waals surface area contributed by atoms with Crippen molar-refractivity contribution in [2.45, 2.75) is 6.54 Å². The molecule has 3 aromatic carbocycles. The van der Waals surface area contributed by atoms with Crippen LogP contribution in [0.4, 0.5) is 10.1 Å². The van der Waals surface area contributed by atoms with Crippen molar-refractivity contribution >= 4 is 32.4 Å². The van der Waals surface area contributed by atoms with E-state index < -0.39 is 0 Å². The van der Waals surface area contributed by atoms with Gasteiger partial charge in [0.1, 0.15) is 11.6 Å². The van der Waals surface area contributed by atoms with Crippen molar-refractivity contribution in [2.75, 3.05) is 5.32 Å². The van der Waals surface area contributed by atoms with Gasteiger partial charge in [-0.25, -0.2) is 4.39 Å². The normalized spacial score (nSPS) is 10.8. The van der Waals surface area contributed by atoms with Gasteiger partial charge in [0.15, 0.2) is 0 Å². The number of rotatable bonds is 3. The molecule has 0 radical (unpaired) electrons. The maximum atomic E-state index is 13.7. The topological polar surface area (TPSA) is 32.3 Å². The monoisotopic (exact) mass is 345 g/mol. The molecule has 0 atom stereocenters. The number of hydrogen-bond acceptors (Lipinski definition) is 2. The van der Waals surface area contributed by atoms with Crippen molar-refractivity contribution in [1.29, 1.82) is 0 Å². The first-order chi connectivity index (χ1) is 10.1. The summed E-state index contributed by atoms with van der Waals surface area (Å²) >= 11 is 3.34. The molecule has 0 aliphatic carbocycles. The predicted molar refractivity (Wildman–Crippen MR) is 87.0 cm³/mol. The summed E-state index contributed by atoms with van der Waals surface area (Å²) in [6.07, 6.45) is 0. The fourth-order valence-electron chi connectivity index (χ4n) is 2.32. The van der Waals surface area contributed by atoms with Crippen LogP contribution in [-0.4, -0.2) is 5.11 Å². The van der Waals surface area contributed by atoms with E-state index in [1.807, 2.05) is 24.3 Å². The van der Waals surface area contributed by atoms with E-state index in [1.165, 1.54) is 6.07 Å². The Morgan fingerprint density at radius 1 is 1.00 bits per heavy atom. The van der Waals surface area contributed by atoms with E-state index in [9.17, 15) is 9.50 Å². The molecule has 2 nitrogen and oxygen atoms in total. The summed E-state index contributed by atoms with van der Waals surface area (Å²) in [5.74, 6) is -0.00132. The summed E-state index contributed by atoms with van der Waals surface area (Å²) in [6, 6.07) is 15.9. The lowest BCUT2D eigenvalue weighted by molar-refractivity contribution is 0.481. The lowest BCUT2D eigenvalue weighted by Crippen LogP contribution is -2.02. The van der Waals surface area contributed by atoms with Crippen molar-refractivity contribution in [2.24, 2.45) is 0 Å². The third-order valence-electron chi connectivity index (χ3n) is 3.38. The number of aromatic hydroxyl groups is 1. The number of anilines is 1. The molecule has 3 rings (SSSR count). The lowest BCUT2D eigenvalue weighted by atomic mass is 10.1. The number of benzene rings is 3. The molecule has 2 N–H and O–H groups in total. The Balaban J connectivity index is 1.92. The highest BCUT2D eigenvalue weighted by molar-refractivity contribution is 9.10. The Hall–Kier alpha value is -2.07. The third-order valence-corrected chi connectivity index (χ3v) is 3.87. The zero-order valence-electron chi connectivity index (χ0n) is 11.1. The van der Waals surface area contributed by atoms with Gasteiger partial charge in [-0.1, -0.05) is 40.2 Å². The highest BCUT2D eigenvalue weighted by atomic mass is 79.9. The Labute approximate surface area is 130 Å². The van der Waals surface area contributed by atoms with Crippen LogP contribution in [0.25, 0.3) is 10.8 Å². The van der Waals surface area contributed by atoms with Crippen LogP contribution < -0.4 is 5.32 Å². The molecule has 0 spiro atoms. The molecule has 0 heterocycles. The van der Waals surface area contributed by atoms with Crippen LogP contribution in [-0.2, 0) is 6.54 Å². The fourth-order valence-corrected chi connectivity index (χ4v) is 2.73. The predicted octanol–water partition coefficient (Wildman–Crippen LogP) is 5.06. The van der Waals surface area contributed by atoms with Crippen LogP contribution in [0.1, 0.15) is 5.56 Å². The number of hydrogen-bond donors (Lipinski definition) is 2. The van der Waals surface area contributed by atoms with Gasteiger partial charge in [-0.2, -0.15) is 0 Å². The first-order valence-corrected chi connectivity index (χ1v) is 7.33. The van der Waals surface area contributed by atoms with Crippen LogP contribution >= 0.6 is 15.9 Å². The molecule has 3 aromatic rings. The van der Waals surface area contributed by atoms with Gasteiger partial charge in [0.2, 0.25) is 0 Å². The maximum absolute atomic E-state index is 13.7. The molecule has 0 amide bonds. The number of halogens is 2. The van der Waals surface area contributed by atoms with Gasteiger partial charge in [0.25, 0.3) is 0 Å². The minimum Gasteiger partial charge on any atom is -0.507 e. The van der Waals surface area contributed by atoms with Gasteiger partial charge in [-0.3, -0.25) is 0 Å². The molecule has 0 fully saturated rings. The second kappa shape index (κ2) is 5.74. The molecule has 0 aromatic heterocycles. The smallest absolute Gasteiger partial charge is 0.128 e. The molecule has 0 bridgehead atoms. The van der Waals surface area contributed by atoms with Crippen molar-refractivity contribution in [3.05, 3.63) is 70.5 Å². The highest BCUT2D eigenvalue weighted by Crippen LogP contribution is 2.30. The summed E-state index contributed by atoms with van der Waals surface area (Å²) in [5.41, 5.74) is 1.45. The number of phenols is 1. The van der Waals surface area contributed by atoms with Crippen LogP contribution in [0.2, 0.25) is 0 Å². The second-order valence-corrected chi connectivity index (χ2v) is 5.68. The first-order valence-electron chi connectivity index (χ1n) is 6.53. The maximum Gasteiger partial charge on any atom is 0.128 e. The second-order valence-electron chi connectivity index (χ2n) is 4.77. The van der Waals surface area contributed by atoms with Gasteiger partial charge in [-0.15, -0.1) is 0 Å².